The Labute approximate surface area is 98.3 Å². The minimum atomic E-state index is -1.14. The van der Waals surface area contributed by atoms with Crippen molar-refractivity contribution in [3.63, 3.8) is 0 Å². The summed E-state index contributed by atoms with van der Waals surface area (Å²) < 4.78 is 0. The average Bonchev–Trinajstić information content (AvgIpc) is 2.20. The molecule has 0 spiro atoms. The maximum absolute atomic E-state index is 10.8. The van der Waals surface area contributed by atoms with E-state index in [2.05, 4.69) is 17.2 Å². The zero-order chi connectivity index (χ0) is 12.6. The second kappa shape index (κ2) is 7.63. The SMILES string of the molecule is C=CCNC(=S)NC(CCC(=O)O)C(=O)O. The molecule has 4 N–H and O–H groups in total. The van der Waals surface area contributed by atoms with Crippen molar-refractivity contribution in [2.45, 2.75) is 18.9 Å². The van der Waals surface area contributed by atoms with Gasteiger partial charge in [0.2, 0.25) is 0 Å². The van der Waals surface area contributed by atoms with E-state index in [0.717, 1.165) is 0 Å². The van der Waals surface area contributed by atoms with E-state index >= 15 is 0 Å². The highest BCUT2D eigenvalue weighted by atomic mass is 32.1. The summed E-state index contributed by atoms with van der Waals surface area (Å²) in [4.78, 5) is 21.1. The fourth-order valence-corrected chi connectivity index (χ4v) is 1.12. The third-order valence-electron chi connectivity index (χ3n) is 1.66. The number of aliphatic carboxylic acids is 2. The molecule has 6 nitrogen and oxygen atoms in total. The maximum atomic E-state index is 10.8. The standard InChI is InChI=1S/C9H14N2O4S/c1-2-5-10-9(16)11-6(8(14)15)3-4-7(12)13/h2,6H,1,3-5H2,(H,12,13)(H,14,15)(H2,10,11,16). The van der Waals surface area contributed by atoms with Crippen molar-refractivity contribution < 1.29 is 19.8 Å². The predicted octanol–water partition coefficient (Wildman–Crippen LogP) is -0.0455. The molecule has 0 aliphatic carbocycles. The Morgan fingerprint density at radius 1 is 1.44 bits per heavy atom. The quantitative estimate of drug-likeness (QED) is 0.369. The van der Waals surface area contributed by atoms with Crippen LogP contribution in [0, 0.1) is 0 Å². The van der Waals surface area contributed by atoms with Gasteiger partial charge in [0.15, 0.2) is 5.11 Å². The molecule has 0 aromatic carbocycles. The molecule has 0 aliphatic heterocycles. The monoisotopic (exact) mass is 246 g/mol. The Kier molecular flexibility index (Phi) is 6.86. The molecular weight excluding hydrogens is 232 g/mol. The Morgan fingerprint density at radius 3 is 2.50 bits per heavy atom. The van der Waals surface area contributed by atoms with E-state index in [4.69, 9.17) is 22.4 Å². The van der Waals surface area contributed by atoms with Crippen LogP contribution in [0.4, 0.5) is 0 Å². The molecule has 0 aromatic rings. The van der Waals surface area contributed by atoms with Crippen molar-refractivity contribution in [1.29, 1.82) is 0 Å². The van der Waals surface area contributed by atoms with Gasteiger partial charge in [-0.3, -0.25) is 4.79 Å². The maximum Gasteiger partial charge on any atom is 0.326 e. The molecule has 90 valence electrons. The molecule has 1 atom stereocenters. The first-order valence-corrected chi connectivity index (χ1v) is 4.98. The zero-order valence-electron chi connectivity index (χ0n) is 8.60. The molecule has 0 saturated heterocycles. The van der Waals surface area contributed by atoms with E-state index < -0.39 is 18.0 Å². The first-order chi connectivity index (χ1) is 7.47. The van der Waals surface area contributed by atoms with Crippen LogP contribution in [0.1, 0.15) is 12.8 Å². The van der Waals surface area contributed by atoms with Crippen LogP contribution in [0.15, 0.2) is 12.7 Å². The van der Waals surface area contributed by atoms with Crippen molar-refractivity contribution in [3.8, 4) is 0 Å². The molecule has 0 radical (unpaired) electrons. The normalized spacial score (nSPS) is 11.2. The van der Waals surface area contributed by atoms with Crippen LogP contribution >= 0.6 is 12.2 Å². The average molecular weight is 246 g/mol. The van der Waals surface area contributed by atoms with Gasteiger partial charge in [0.05, 0.1) is 0 Å². The lowest BCUT2D eigenvalue weighted by Crippen LogP contribution is -2.46. The van der Waals surface area contributed by atoms with Crippen LogP contribution in [0.2, 0.25) is 0 Å². The van der Waals surface area contributed by atoms with Gasteiger partial charge in [-0.25, -0.2) is 4.79 Å². The van der Waals surface area contributed by atoms with Gasteiger partial charge in [0, 0.05) is 13.0 Å². The van der Waals surface area contributed by atoms with Gasteiger partial charge in [0.25, 0.3) is 0 Å². The Morgan fingerprint density at radius 2 is 2.06 bits per heavy atom. The summed E-state index contributed by atoms with van der Waals surface area (Å²) in [5.41, 5.74) is 0. The highest BCUT2D eigenvalue weighted by Crippen LogP contribution is 1.97. The molecule has 7 heteroatoms. The van der Waals surface area contributed by atoms with E-state index in [1.807, 2.05) is 0 Å². The third kappa shape index (κ3) is 6.77. The molecule has 0 bridgehead atoms. The van der Waals surface area contributed by atoms with Crippen molar-refractivity contribution in [2.24, 2.45) is 0 Å². The summed E-state index contributed by atoms with van der Waals surface area (Å²) in [5.74, 6) is -2.18. The van der Waals surface area contributed by atoms with Gasteiger partial charge >= 0.3 is 11.9 Å². The molecule has 0 aliphatic rings. The molecule has 0 fully saturated rings. The zero-order valence-corrected chi connectivity index (χ0v) is 9.42. The van der Waals surface area contributed by atoms with E-state index in [0.29, 0.717) is 6.54 Å². The number of hydrogen-bond acceptors (Lipinski definition) is 3. The summed E-state index contributed by atoms with van der Waals surface area (Å²) in [6.45, 7) is 3.88. The van der Waals surface area contributed by atoms with Gasteiger partial charge < -0.3 is 20.8 Å². The summed E-state index contributed by atoms with van der Waals surface area (Å²) in [7, 11) is 0. The van der Waals surface area contributed by atoms with Gasteiger partial charge in [-0.2, -0.15) is 0 Å². The van der Waals surface area contributed by atoms with E-state index in [9.17, 15) is 9.59 Å². The van der Waals surface area contributed by atoms with E-state index in [1.165, 1.54) is 0 Å². The fourth-order valence-electron chi connectivity index (χ4n) is 0.899. The van der Waals surface area contributed by atoms with Gasteiger partial charge in [-0.15, -0.1) is 6.58 Å². The summed E-state index contributed by atoms with van der Waals surface area (Å²) >= 11 is 4.81. The van der Waals surface area contributed by atoms with Crippen LogP contribution in [0.3, 0.4) is 0 Å². The van der Waals surface area contributed by atoms with Crippen molar-refractivity contribution in [1.82, 2.24) is 10.6 Å². The third-order valence-corrected chi connectivity index (χ3v) is 1.92. The summed E-state index contributed by atoms with van der Waals surface area (Å²) in [6, 6.07) is -0.999. The molecule has 0 rings (SSSR count). The largest absolute Gasteiger partial charge is 0.481 e. The molecular formula is C9H14N2O4S. The van der Waals surface area contributed by atoms with Gasteiger partial charge in [-0.1, -0.05) is 6.08 Å². The molecule has 16 heavy (non-hydrogen) atoms. The summed E-state index contributed by atoms with van der Waals surface area (Å²) in [5, 5.41) is 22.6. The minimum absolute atomic E-state index is 0.0272. The van der Waals surface area contributed by atoms with Crippen molar-refractivity contribution >= 4 is 29.3 Å². The molecule has 0 aromatic heterocycles. The van der Waals surface area contributed by atoms with E-state index in [1.54, 1.807) is 6.08 Å². The molecule has 0 amide bonds. The topological polar surface area (TPSA) is 98.7 Å². The lowest BCUT2D eigenvalue weighted by molar-refractivity contribution is -0.140. The number of carboxylic acid groups (broad SMARTS) is 2. The number of carboxylic acids is 2. The number of hydrogen-bond donors (Lipinski definition) is 4. The lowest BCUT2D eigenvalue weighted by atomic mass is 10.1. The Hall–Kier alpha value is -1.63. The van der Waals surface area contributed by atoms with Crippen LogP contribution in [-0.4, -0.2) is 39.9 Å². The highest BCUT2D eigenvalue weighted by molar-refractivity contribution is 7.80. The smallest absolute Gasteiger partial charge is 0.326 e. The predicted molar refractivity (Wildman–Crippen MR) is 62.2 cm³/mol. The van der Waals surface area contributed by atoms with Gasteiger partial charge in [-0.05, 0) is 18.6 Å². The molecule has 0 heterocycles. The fraction of sp³-hybridized carbons (Fsp3) is 0.444. The van der Waals surface area contributed by atoms with E-state index in [-0.39, 0.29) is 18.0 Å². The van der Waals surface area contributed by atoms with Crippen LogP contribution in [-0.2, 0) is 9.59 Å². The molecule has 0 saturated carbocycles. The first kappa shape index (κ1) is 14.4. The molecule has 1 unspecified atom stereocenters. The van der Waals surface area contributed by atoms with Crippen LogP contribution < -0.4 is 10.6 Å². The Bertz CT molecular complexity index is 293. The first-order valence-electron chi connectivity index (χ1n) is 4.57. The highest BCUT2D eigenvalue weighted by Gasteiger charge is 2.18. The Balaban J connectivity index is 4.11. The van der Waals surface area contributed by atoms with Crippen molar-refractivity contribution in [2.75, 3.05) is 6.54 Å². The van der Waals surface area contributed by atoms with Crippen LogP contribution in [0.5, 0.6) is 0 Å². The van der Waals surface area contributed by atoms with Crippen LogP contribution in [0.25, 0.3) is 0 Å². The second-order valence-electron chi connectivity index (χ2n) is 2.97. The van der Waals surface area contributed by atoms with Crippen molar-refractivity contribution in [3.05, 3.63) is 12.7 Å². The minimum Gasteiger partial charge on any atom is -0.481 e. The summed E-state index contributed by atoms with van der Waals surface area (Å²) in [6.07, 6.45) is 1.32. The number of carbonyl (C=O) groups is 2. The number of rotatable bonds is 7. The van der Waals surface area contributed by atoms with Gasteiger partial charge in [0.1, 0.15) is 6.04 Å². The number of thiocarbonyl (C=S) groups is 1. The lowest BCUT2D eigenvalue weighted by Gasteiger charge is -2.15. The number of nitrogens with one attached hydrogen (secondary N) is 2. The second-order valence-corrected chi connectivity index (χ2v) is 3.37.